The van der Waals surface area contributed by atoms with Gasteiger partial charge in [0.2, 0.25) is 11.9 Å². The van der Waals surface area contributed by atoms with Crippen molar-refractivity contribution in [2.45, 2.75) is 70.1 Å². The molecule has 0 radical (unpaired) electrons. The summed E-state index contributed by atoms with van der Waals surface area (Å²) in [6.45, 7) is 3.31. The highest BCUT2D eigenvalue weighted by molar-refractivity contribution is 5.96. The van der Waals surface area contributed by atoms with Crippen molar-refractivity contribution in [1.29, 1.82) is 0 Å². The molecule has 1 unspecified atom stereocenters. The number of aromatic nitrogens is 2. The van der Waals surface area contributed by atoms with Gasteiger partial charge in [-0.1, -0.05) is 19.8 Å². The Labute approximate surface area is 247 Å². The molecule has 3 N–H and O–H groups in total. The first kappa shape index (κ1) is 32.1. The smallest absolute Gasteiger partial charge is 0.421 e. The Hall–Kier alpha value is -3.81. The fraction of sp³-hybridized carbons (Fsp3) is 0.552. The molecule has 1 aliphatic heterocycles. The molecule has 14 heteroatoms. The summed E-state index contributed by atoms with van der Waals surface area (Å²) in [4.78, 5) is 38.5. The number of benzene rings is 1. The van der Waals surface area contributed by atoms with Crippen LogP contribution in [0.4, 0.5) is 35.0 Å². The van der Waals surface area contributed by atoms with E-state index in [1.807, 2.05) is 7.05 Å². The number of halogens is 4. The highest BCUT2D eigenvalue weighted by atomic mass is 19.4. The third-order valence-corrected chi connectivity index (χ3v) is 7.78. The van der Waals surface area contributed by atoms with Gasteiger partial charge in [0.1, 0.15) is 22.9 Å². The molecule has 0 bridgehead atoms. The largest absolute Gasteiger partial charge is 0.495 e. The summed E-state index contributed by atoms with van der Waals surface area (Å²) in [6, 6.07) is 1.73. The molecule has 0 spiro atoms. The zero-order valence-electron chi connectivity index (χ0n) is 24.4. The van der Waals surface area contributed by atoms with E-state index < -0.39 is 35.3 Å². The van der Waals surface area contributed by atoms with E-state index in [1.165, 1.54) is 19.4 Å². The fourth-order valence-electron chi connectivity index (χ4n) is 5.25. The van der Waals surface area contributed by atoms with Gasteiger partial charge < -0.3 is 25.6 Å². The standard InChI is InChI=1S/C29H37F4N7O3/c1-4-25(41)34-15-17-7-5-6-8-22(17)37-26-20(29(31,32)33)16-35-28(39-26)38-23-14-21(30)19(13-24(23)43-3)27(42)36-18-9-11-40(2)12-10-18/h13-18,22H,4-12H2,1-3H3,(H,36,42)(H2,35,37,38,39)/t17?,22-/m1/s1. The second-order valence-corrected chi connectivity index (χ2v) is 10.9. The number of carbonyl (C=O) groups is 2. The molecule has 10 nitrogen and oxygen atoms in total. The van der Waals surface area contributed by atoms with Gasteiger partial charge in [-0.3, -0.25) is 9.59 Å². The minimum atomic E-state index is -4.75. The van der Waals surface area contributed by atoms with Gasteiger partial charge in [0.15, 0.2) is 0 Å². The average molecular weight is 608 g/mol. The summed E-state index contributed by atoms with van der Waals surface area (Å²) < 4.78 is 62.2. The number of nitrogens with one attached hydrogen (secondary N) is 3. The third-order valence-electron chi connectivity index (χ3n) is 7.78. The van der Waals surface area contributed by atoms with E-state index in [9.17, 15) is 22.8 Å². The molecule has 43 heavy (non-hydrogen) atoms. The molecule has 1 aliphatic carbocycles. The van der Waals surface area contributed by atoms with Gasteiger partial charge in [0.05, 0.1) is 18.4 Å². The van der Waals surface area contributed by atoms with Crippen molar-refractivity contribution in [3.63, 3.8) is 0 Å². The first-order valence-electron chi connectivity index (χ1n) is 14.4. The molecule has 2 aliphatic rings. The first-order valence-corrected chi connectivity index (χ1v) is 14.4. The molecule has 2 fully saturated rings. The molecule has 1 saturated carbocycles. The van der Waals surface area contributed by atoms with E-state index in [4.69, 9.17) is 4.74 Å². The van der Waals surface area contributed by atoms with Gasteiger partial charge >= 0.3 is 6.18 Å². The van der Waals surface area contributed by atoms with Crippen LogP contribution in [0.1, 0.15) is 67.8 Å². The zero-order valence-corrected chi connectivity index (χ0v) is 24.4. The van der Waals surface area contributed by atoms with Crippen molar-refractivity contribution in [3.8, 4) is 5.75 Å². The van der Waals surface area contributed by atoms with Crippen molar-refractivity contribution < 1.29 is 31.9 Å². The monoisotopic (exact) mass is 607 g/mol. The van der Waals surface area contributed by atoms with Crippen molar-refractivity contribution in [1.82, 2.24) is 20.2 Å². The molecule has 2 amide bonds. The maximum Gasteiger partial charge on any atom is 0.421 e. The van der Waals surface area contributed by atoms with Gasteiger partial charge in [-0.2, -0.15) is 18.2 Å². The Bertz CT molecular complexity index is 1330. The Kier molecular flexibility index (Phi) is 10.5. The highest BCUT2D eigenvalue weighted by Gasteiger charge is 2.37. The summed E-state index contributed by atoms with van der Waals surface area (Å²) in [6.07, 6.45) is 1.99. The number of alkyl halides is 3. The molecule has 234 valence electrons. The van der Waals surface area contributed by atoms with E-state index >= 15 is 4.39 Å². The molecule has 4 rings (SSSR count). The number of carbonyl (C=O) groups excluding carboxylic acids is 2. The number of hydrogen-bond acceptors (Lipinski definition) is 8. The summed E-state index contributed by atoms with van der Waals surface area (Å²) in [7, 11) is 3.32. The van der Waals surface area contributed by atoms with Crippen molar-refractivity contribution >= 4 is 35.5 Å². The summed E-state index contributed by atoms with van der Waals surface area (Å²) >= 11 is 0. The van der Waals surface area contributed by atoms with Crippen LogP contribution >= 0.6 is 0 Å². The number of piperidine rings is 1. The summed E-state index contributed by atoms with van der Waals surface area (Å²) in [5, 5.41) is 8.49. The van der Waals surface area contributed by atoms with Gasteiger partial charge in [-0.25, -0.2) is 14.4 Å². The lowest BCUT2D eigenvalue weighted by atomic mass is 9.85. The number of rotatable bonds is 9. The van der Waals surface area contributed by atoms with Crippen molar-refractivity contribution in [2.75, 3.05) is 37.9 Å². The fourth-order valence-corrected chi connectivity index (χ4v) is 5.25. The topological polar surface area (TPSA) is 121 Å². The van der Waals surface area contributed by atoms with Crippen LogP contribution in [0.15, 0.2) is 23.3 Å². The maximum atomic E-state index is 15.1. The lowest BCUT2D eigenvalue weighted by molar-refractivity contribution is -0.137. The van der Waals surface area contributed by atoms with Crippen LogP contribution < -0.4 is 20.7 Å². The summed E-state index contributed by atoms with van der Waals surface area (Å²) in [5.41, 5.74) is -1.26. The van der Waals surface area contributed by atoms with Gasteiger partial charge in [0, 0.05) is 42.9 Å². The summed E-state index contributed by atoms with van der Waals surface area (Å²) in [5.74, 6) is -2.61. The zero-order chi connectivity index (χ0) is 31.1. The van der Waals surface area contributed by atoms with Crippen molar-refractivity contribution in [3.05, 3.63) is 35.3 Å². The van der Waals surface area contributed by atoms with E-state index in [0.717, 1.165) is 44.8 Å². The third kappa shape index (κ3) is 8.39. The Morgan fingerprint density at radius 1 is 1.16 bits per heavy atom. The normalized spacial score (nSPS) is 20.2. The maximum absolute atomic E-state index is 15.1. The SMILES string of the molecule is CCC(=O)N=CC1CCCC[C@H]1Nc1nc(Nc2cc(F)c(C(=O)NC3CCN(C)CC3)cc2OC)ncc1C(F)(F)F. The molecule has 1 aromatic carbocycles. The Balaban J connectivity index is 1.57. The van der Waals surface area contributed by atoms with Crippen LogP contribution in [0.3, 0.4) is 0 Å². The molecule has 1 aromatic heterocycles. The van der Waals surface area contributed by atoms with Crippen LogP contribution in [0, 0.1) is 11.7 Å². The van der Waals surface area contributed by atoms with E-state index in [1.54, 1.807) is 6.92 Å². The van der Waals surface area contributed by atoms with Crippen molar-refractivity contribution in [2.24, 2.45) is 10.9 Å². The number of ether oxygens (including phenoxy) is 1. The Morgan fingerprint density at radius 3 is 2.56 bits per heavy atom. The van der Waals surface area contributed by atoms with Crippen LogP contribution in [0.5, 0.6) is 5.75 Å². The molecule has 2 aromatic rings. The quantitative estimate of drug-likeness (QED) is 0.263. The van der Waals surface area contributed by atoms with Gasteiger partial charge in [-0.15, -0.1) is 0 Å². The first-order chi connectivity index (χ1) is 20.5. The second-order valence-electron chi connectivity index (χ2n) is 10.9. The predicted octanol–water partition coefficient (Wildman–Crippen LogP) is 5.19. The number of nitrogens with zero attached hydrogens (tertiary/aromatic N) is 4. The van der Waals surface area contributed by atoms with Crippen LogP contribution in [-0.4, -0.2) is 72.2 Å². The number of aliphatic imine (C=N–C) groups is 1. The van der Waals surface area contributed by atoms with Gasteiger partial charge in [0.25, 0.3) is 5.91 Å². The molecular formula is C29H37F4N7O3. The number of methoxy groups -OCH3 is 1. The van der Waals surface area contributed by atoms with Crippen LogP contribution in [0.2, 0.25) is 0 Å². The van der Waals surface area contributed by atoms with E-state index in [0.29, 0.717) is 19.0 Å². The Morgan fingerprint density at radius 2 is 1.88 bits per heavy atom. The number of hydrogen-bond donors (Lipinski definition) is 3. The minimum Gasteiger partial charge on any atom is -0.495 e. The number of amides is 2. The second kappa shape index (κ2) is 14.1. The number of anilines is 3. The number of likely N-dealkylation sites (tertiary alicyclic amines) is 1. The van der Waals surface area contributed by atoms with E-state index in [-0.39, 0.29) is 47.2 Å². The lowest BCUT2D eigenvalue weighted by Crippen LogP contribution is -2.43. The molecule has 1 saturated heterocycles. The predicted molar refractivity (Wildman–Crippen MR) is 154 cm³/mol. The molecular weight excluding hydrogens is 570 g/mol. The van der Waals surface area contributed by atoms with Crippen LogP contribution in [-0.2, 0) is 11.0 Å². The molecule has 2 heterocycles. The van der Waals surface area contributed by atoms with Gasteiger partial charge in [-0.05, 0) is 51.9 Å². The highest BCUT2D eigenvalue weighted by Crippen LogP contribution is 2.37. The lowest BCUT2D eigenvalue weighted by Gasteiger charge is -2.31. The van der Waals surface area contributed by atoms with E-state index in [2.05, 4.69) is 35.8 Å². The van der Waals surface area contributed by atoms with Crippen LogP contribution in [0.25, 0.3) is 0 Å². The average Bonchev–Trinajstić information content (AvgIpc) is 2.97. The molecule has 2 atom stereocenters. The minimum absolute atomic E-state index is 0.0299.